The van der Waals surface area contributed by atoms with Gasteiger partial charge in [0, 0.05) is 18.1 Å². The first kappa shape index (κ1) is 13.8. The average molecular weight is 311 g/mol. The molecule has 1 aliphatic rings. The summed E-state index contributed by atoms with van der Waals surface area (Å²) < 4.78 is 15.2. The van der Waals surface area contributed by atoms with Gasteiger partial charge in [-0.3, -0.25) is 9.78 Å². The largest absolute Gasteiger partial charge is 0.366 e. The number of rotatable bonds is 2. The Hall–Kier alpha value is -2.80. The van der Waals surface area contributed by atoms with Gasteiger partial charge < -0.3 is 11.1 Å². The number of nitrogens with two attached hydrogens (primary N) is 1. The Morgan fingerprint density at radius 2 is 2.22 bits per heavy atom. The normalized spacial score (nSPS) is 14.0. The van der Waals surface area contributed by atoms with Gasteiger partial charge in [-0.15, -0.1) is 0 Å². The van der Waals surface area contributed by atoms with Crippen LogP contribution in [0.5, 0.6) is 0 Å². The summed E-state index contributed by atoms with van der Waals surface area (Å²) in [5.41, 5.74) is 8.75. The van der Waals surface area contributed by atoms with Crippen molar-refractivity contribution in [1.29, 1.82) is 0 Å². The summed E-state index contributed by atoms with van der Waals surface area (Å²) in [4.78, 5) is 15.9. The van der Waals surface area contributed by atoms with Crippen molar-refractivity contribution in [2.45, 2.75) is 13.0 Å². The molecule has 3 N–H and O–H groups in total. The van der Waals surface area contributed by atoms with Crippen molar-refractivity contribution >= 4 is 16.8 Å². The zero-order chi connectivity index (χ0) is 16.0. The molecule has 23 heavy (non-hydrogen) atoms. The summed E-state index contributed by atoms with van der Waals surface area (Å²) in [6, 6.07) is 4.47. The van der Waals surface area contributed by atoms with Crippen molar-refractivity contribution in [2.24, 2.45) is 5.73 Å². The SMILES string of the molecule is NC(=O)c1cc(F)cc2cn(-c3cnc4c(c3)CCNC4)nc12. The molecular formula is C16H14FN5O. The van der Waals surface area contributed by atoms with E-state index in [0.717, 1.165) is 37.0 Å². The third kappa shape index (κ3) is 2.35. The summed E-state index contributed by atoms with van der Waals surface area (Å²) in [5.74, 6) is -1.21. The van der Waals surface area contributed by atoms with E-state index in [9.17, 15) is 9.18 Å². The Bertz CT molecular complexity index is 934. The molecule has 4 rings (SSSR count). The summed E-state index contributed by atoms with van der Waals surface area (Å²) >= 11 is 0. The Morgan fingerprint density at radius 3 is 3.04 bits per heavy atom. The van der Waals surface area contributed by atoms with Crippen molar-refractivity contribution in [1.82, 2.24) is 20.1 Å². The van der Waals surface area contributed by atoms with Crippen LogP contribution in [0.4, 0.5) is 4.39 Å². The molecule has 116 valence electrons. The molecule has 0 saturated heterocycles. The lowest BCUT2D eigenvalue weighted by molar-refractivity contribution is 0.100. The number of carbonyl (C=O) groups is 1. The number of carbonyl (C=O) groups excluding carboxylic acids is 1. The number of amides is 1. The summed E-state index contributed by atoms with van der Waals surface area (Å²) in [5, 5.41) is 8.18. The first-order chi connectivity index (χ1) is 11.1. The molecule has 0 radical (unpaired) electrons. The molecule has 0 bridgehead atoms. The van der Waals surface area contributed by atoms with Crippen LogP contribution in [0.1, 0.15) is 21.6 Å². The number of primary amides is 1. The van der Waals surface area contributed by atoms with Gasteiger partial charge in [0.25, 0.3) is 5.91 Å². The highest BCUT2D eigenvalue weighted by Crippen LogP contribution is 2.22. The quantitative estimate of drug-likeness (QED) is 0.747. The van der Waals surface area contributed by atoms with Crippen LogP contribution in [-0.4, -0.2) is 27.2 Å². The van der Waals surface area contributed by atoms with Gasteiger partial charge in [0.2, 0.25) is 0 Å². The van der Waals surface area contributed by atoms with Crippen LogP contribution in [0.25, 0.3) is 16.6 Å². The van der Waals surface area contributed by atoms with E-state index >= 15 is 0 Å². The van der Waals surface area contributed by atoms with E-state index in [1.807, 2.05) is 6.07 Å². The minimum absolute atomic E-state index is 0.0777. The number of fused-ring (bicyclic) bond motifs is 2. The number of hydrogen-bond acceptors (Lipinski definition) is 4. The fourth-order valence-corrected chi connectivity index (χ4v) is 2.88. The van der Waals surface area contributed by atoms with E-state index in [0.29, 0.717) is 10.9 Å². The van der Waals surface area contributed by atoms with E-state index in [1.54, 1.807) is 17.1 Å². The minimum Gasteiger partial charge on any atom is -0.366 e. The molecule has 1 aromatic carbocycles. The molecule has 0 fully saturated rings. The molecule has 2 aromatic heterocycles. The monoisotopic (exact) mass is 311 g/mol. The van der Waals surface area contributed by atoms with Crippen molar-refractivity contribution in [3.63, 3.8) is 0 Å². The van der Waals surface area contributed by atoms with Gasteiger partial charge >= 0.3 is 0 Å². The summed E-state index contributed by atoms with van der Waals surface area (Å²) in [7, 11) is 0. The highest BCUT2D eigenvalue weighted by molar-refractivity contribution is 6.04. The smallest absolute Gasteiger partial charge is 0.251 e. The number of aromatic nitrogens is 3. The second kappa shape index (κ2) is 5.13. The number of nitrogens with one attached hydrogen (secondary N) is 1. The number of benzene rings is 1. The molecule has 0 aliphatic carbocycles. The maximum Gasteiger partial charge on any atom is 0.251 e. The van der Waals surface area contributed by atoms with Crippen LogP contribution in [0.3, 0.4) is 0 Å². The van der Waals surface area contributed by atoms with Crippen molar-refractivity contribution < 1.29 is 9.18 Å². The number of hydrogen-bond donors (Lipinski definition) is 2. The first-order valence-electron chi connectivity index (χ1n) is 7.29. The predicted octanol–water partition coefficient (Wildman–Crippen LogP) is 1.30. The van der Waals surface area contributed by atoms with E-state index in [1.165, 1.54) is 11.6 Å². The number of pyridine rings is 1. The zero-order valence-electron chi connectivity index (χ0n) is 12.2. The van der Waals surface area contributed by atoms with Crippen molar-refractivity contribution in [3.05, 3.63) is 53.2 Å². The van der Waals surface area contributed by atoms with Gasteiger partial charge in [-0.2, -0.15) is 5.10 Å². The molecule has 3 aromatic rings. The molecule has 1 aliphatic heterocycles. The van der Waals surface area contributed by atoms with Gasteiger partial charge in [-0.1, -0.05) is 0 Å². The van der Waals surface area contributed by atoms with Crippen molar-refractivity contribution in [3.8, 4) is 5.69 Å². The van der Waals surface area contributed by atoms with Crippen LogP contribution < -0.4 is 11.1 Å². The molecular weight excluding hydrogens is 297 g/mol. The third-order valence-corrected chi connectivity index (χ3v) is 4.01. The summed E-state index contributed by atoms with van der Waals surface area (Å²) in [6.07, 6.45) is 4.30. The van der Waals surface area contributed by atoms with E-state index in [4.69, 9.17) is 5.73 Å². The van der Waals surface area contributed by atoms with Gasteiger partial charge in [-0.05, 0) is 36.7 Å². The van der Waals surface area contributed by atoms with Gasteiger partial charge in [0.15, 0.2) is 0 Å². The molecule has 0 unspecified atom stereocenters. The van der Waals surface area contributed by atoms with Gasteiger partial charge in [-0.25, -0.2) is 9.07 Å². The Morgan fingerprint density at radius 1 is 1.35 bits per heavy atom. The lowest BCUT2D eigenvalue weighted by Gasteiger charge is -2.16. The molecule has 3 heterocycles. The Labute approximate surface area is 131 Å². The zero-order valence-corrected chi connectivity index (χ0v) is 12.2. The highest BCUT2D eigenvalue weighted by atomic mass is 19.1. The van der Waals surface area contributed by atoms with Crippen molar-refractivity contribution in [2.75, 3.05) is 6.54 Å². The molecule has 7 heteroatoms. The third-order valence-electron chi connectivity index (χ3n) is 4.01. The van der Waals surface area contributed by atoms with Crippen LogP contribution >= 0.6 is 0 Å². The number of halogens is 1. The molecule has 1 amide bonds. The standard InChI is InChI=1S/C16H14FN5O/c17-11-3-10-8-22(21-15(10)13(5-11)16(18)23)12-4-9-1-2-19-7-14(9)20-6-12/h3-6,8,19H,1-2,7H2,(H2,18,23). The minimum atomic E-state index is -0.700. The van der Waals surface area contributed by atoms with E-state index in [2.05, 4.69) is 15.4 Å². The second-order valence-electron chi connectivity index (χ2n) is 5.56. The molecule has 0 atom stereocenters. The van der Waals surface area contributed by atoms with Gasteiger partial charge in [0.1, 0.15) is 11.3 Å². The first-order valence-corrected chi connectivity index (χ1v) is 7.29. The fraction of sp³-hybridized carbons (Fsp3) is 0.188. The lowest BCUT2D eigenvalue weighted by atomic mass is 10.1. The van der Waals surface area contributed by atoms with E-state index < -0.39 is 11.7 Å². The second-order valence-corrected chi connectivity index (χ2v) is 5.56. The molecule has 0 spiro atoms. The highest BCUT2D eigenvalue weighted by Gasteiger charge is 2.15. The van der Waals surface area contributed by atoms with Crippen LogP contribution in [0, 0.1) is 5.82 Å². The van der Waals surface area contributed by atoms with Crippen LogP contribution in [0.2, 0.25) is 0 Å². The number of nitrogens with zero attached hydrogens (tertiary/aromatic N) is 3. The Balaban J connectivity index is 1.86. The lowest BCUT2D eigenvalue weighted by Crippen LogP contribution is -2.24. The maximum atomic E-state index is 13.6. The Kier molecular flexibility index (Phi) is 3.09. The van der Waals surface area contributed by atoms with E-state index in [-0.39, 0.29) is 5.56 Å². The average Bonchev–Trinajstić information content (AvgIpc) is 2.97. The molecule has 0 saturated carbocycles. The topological polar surface area (TPSA) is 85.8 Å². The maximum absolute atomic E-state index is 13.6. The summed E-state index contributed by atoms with van der Waals surface area (Å²) in [6.45, 7) is 1.67. The van der Waals surface area contributed by atoms with Crippen LogP contribution in [0.15, 0.2) is 30.6 Å². The van der Waals surface area contributed by atoms with Crippen LogP contribution in [-0.2, 0) is 13.0 Å². The van der Waals surface area contributed by atoms with Gasteiger partial charge in [0.05, 0.1) is 23.1 Å². The molecule has 6 nitrogen and oxygen atoms in total. The fourth-order valence-electron chi connectivity index (χ4n) is 2.88. The predicted molar refractivity (Wildman–Crippen MR) is 82.8 cm³/mol.